The van der Waals surface area contributed by atoms with Crippen molar-refractivity contribution in [2.75, 3.05) is 13.1 Å². The molecule has 0 aromatic carbocycles. The molecule has 0 spiro atoms. The quantitative estimate of drug-likeness (QED) is 0.809. The molecule has 0 saturated carbocycles. The van der Waals surface area contributed by atoms with Crippen molar-refractivity contribution in [1.29, 1.82) is 0 Å². The van der Waals surface area contributed by atoms with Crippen LogP contribution >= 0.6 is 0 Å². The first kappa shape index (κ1) is 14.8. The lowest BCUT2D eigenvalue weighted by molar-refractivity contribution is -0.137. The van der Waals surface area contributed by atoms with Crippen LogP contribution < -0.4 is 5.32 Å². The predicted molar refractivity (Wildman–Crippen MR) is 69.5 cm³/mol. The lowest BCUT2D eigenvalue weighted by Gasteiger charge is -2.37. The minimum absolute atomic E-state index is 0.0123. The number of hydrogen-bond donors (Lipinski definition) is 2. The summed E-state index contributed by atoms with van der Waals surface area (Å²) < 4.78 is 0. The fourth-order valence-corrected chi connectivity index (χ4v) is 2.09. The first-order valence-corrected chi connectivity index (χ1v) is 6.61. The van der Waals surface area contributed by atoms with Crippen molar-refractivity contribution in [3.05, 3.63) is 0 Å². The van der Waals surface area contributed by atoms with Crippen LogP contribution in [0.3, 0.4) is 0 Å². The standard InChI is InChI=1S/C13H24N2O3/c1-4-10(9-11(16)17)14-12(18)15-7-5-13(2,3)6-8-15/h10H,4-9H2,1-3H3,(H,14,18)(H,16,17). The van der Waals surface area contributed by atoms with E-state index in [1.54, 1.807) is 4.90 Å². The topological polar surface area (TPSA) is 69.6 Å². The Morgan fingerprint density at radius 1 is 1.33 bits per heavy atom. The highest BCUT2D eigenvalue weighted by atomic mass is 16.4. The van der Waals surface area contributed by atoms with E-state index in [0.717, 1.165) is 25.9 Å². The van der Waals surface area contributed by atoms with Gasteiger partial charge in [-0.3, -0.25) is 4.79 Å². The van der Waals surface area contributed by atoms with Gasteiger partial charge in [0.1, 0.15) is 0 Å². The van der Waals surface area contributed by atoms with Crippen LogP contribution in [-0.2, 0) is 4.79 Å². The van der Waals surface area contributed by atoms with Crippen molar-refractivity contribution < 1.29 is 14.7 Å². The van der Waals surface area contributed by atoms with Crippen LogP contribution in [-0.4, -0.2) is 41.1 Å². The van der Waals surface area contributed by atoms with Crippen LogP contribution in [0.4, 0.5) is 4.79 Å². The SMILES string of the molecule is CCC(CC(=O)O)NC(=O)N1CCC(C)(C)CC1. The number of hydrogen-bond acceptors (Lipinski definition) is 2. The number of likely N-dealkylation sites (tertiary alicyclic amines) is 1. The molecule has 1 atom stereocenters. The van der Waals surface area contributed by atoms with Crippen molar-refractivity contribution in [2.45, 2.75) is 52.5 Å². The summed E-state index contributed by atoms with van der Waals surface area (Å²) >= 11 is 0. The van der Waals surface area contributed by atoms with E-state index in [9.17, 15) is 9.59 Å². The fourth-order valence-electron chi connectivity index (χ4n) is 2.09. The van der Waals surface area contributed by atoms with Crippen molar-refractivity contribution in [3.8, 4) is 0 Å². The molecule has 1 fully saturated rings. The third-order valence-corrected chi connectivity index (χ3v) is 3.65. The van der Waals surface area contributed by atoms with Gasteiger partial charge in [0.2, 0.25) is 0 Å². The first-order chi connectivity index (χ1) is 8.34. The minimum Gasteiger partial charge on any atom is -0.481 e. The fraction of sp³-hybridized carbons (Fsp3) is 0.846. The summed E-state index contributed by atoms with van der Waals surface area (Å²) in [5.41, 5.74) is 0.308. The molecule has 104 valence electrons. The summed E-state index contributed by atoms with van der Waals surface area (Å²) in [5.74, 6) is -0.873. The lowest BCUT2D eigenvalue weighted by atomic mass is 9.83. The summed E-state index contributed by atoms with van der Waals surface area (Å²) in [6, 6.07) is -0.400. The van der Waals surface area contributed by atoms with Gasteiger partial charge < -0.3 is 15.3 Å². The van der Waals surface area contributed by atoms with E-state index in [0.29, 0.717) is 11.8 Å². The van der Waals surface area contributed by atoms with Gasteiger partial charge in [0.25, 0.3) is 0 Å². The van der Waals surface area contributed by atoms with Crippen molar-refractivity contribution in [2.24, 2.45) is 5.41 Å². The van der Waals surface area contributed by atoms with Gasteiger partial charge in [0.05, 0.1) is 6.42 Å². The molecule has 1 rings (SSSR count). The Kier molecular flexibility index (Phi) is 4.99. The molecule has 2 amide bonds. The van der Waals surface area contributed by atoms with Crippen LogP contribution in [0.15, 0.2) is 0 Å². The Morgan fingerprint density at radius 2 is 1.89 bits per heavy atom. The molecule has 1 unspecified atom stereocenters. The van der Waals surface area contributed by atoms with Gasteiger partial charge in [-0.15, -0.1) is 0 Å². The van der Waals surface area contributed by atoms with E-state index in [4.69, 9.17) is 5.11 Å². The first-order valence-electron chi connectivity index (χ1n) is 6.61. The summed E-state index contributed by atoms with van der Waals surface area (Å²) in [6.07, 6.45) is 2.62. The van der Waals surface area contributed by atoms with E-state index in [1.807, 2.05) is 6.92 Å². The molecule has 1 saturated heterocycles. The largest absolute Gasteiger partial charge is 0.481 e. The highest BCUT2D eigenvalue weighted by Crippen LogP contribution is 2.29. The highest BCUT2D eigenvalue weighted by molar-refractivity contribution is 5.76. The Hall–Kier alpha value is -1.26. The maximum absolute atomic E-state index is 12.0. The molecule has 0 aliphatic carbocycles. The number of carbonyl (C=O) groups excluding carboxylic acids is 1. The number of carboxylic acids is 1. The number of rotatable bonds is 4. The van der Waals surface area contributed by atoms with E-state index in [1.165, 1.54) is 0 Å². The number of carbonyl (C=O) groups is 2. The molecule has 1 aliphatic rings. The second-order valence-corrected chi connectivity index (χ2v) is 5.80. The second-order valence-electron chi connectivity index (χ2n) is 5.80. The second kappa shape index (κ2) is 6.07. The monoisotopic (exact) mass is 256 g/mol. The number of nitrogens with zero attached hydrogens (tertiary/aromatic N) is 1. The molecule has 0 aromatic heterocycles. The smallest absolute Gasteiger partial charge is 0.317 e. The van der Waals surface area contributed by atoms with Gasteiger partial charge in [0.15, 0.2) is 0 Å². The third-order valence-electron chi connectivity index (χ3n) is 3.65. The summed E-state index contributed by atoms with van der Waals surface area (Å²) in [4.78, 5) is 24.4. The van der Waals surface area contributed by atoms with Crippen molar-refractivity contribution >= 4 is 12.0 Å². The van der Waals surface area contributed by atoms with Gasteiger partial charge in [-0.05, 0) is 24.7 Å². The molecule has 0 bridgehead atoms. The number of amides is 2. The molecule has 5 nitrogen and oxygen atoms in total. The molecular formula is C13H24N2O3. The van der Waals surface area contributed by atoms with Crippen LogP contribution in [0.5, 0.6) is 0 Å². The molecule has 5 heteroatoms. The maximum atomic E-state index is 12.0. The van der Waals surface area contributed by atoms with Crippen molar-refractivity contribution in [1.82, 2.24) is 10.2 Å². The zero-order chi connectivity index (χ0) is 13.8. The van der Waals surface area contributed by atoms with Gasteiger partial charge in [-0.1, -0.05) is 20.8 Å². The van der Waals surface area contributed by atoms with Crippen LogP contribution in [0.1, 0.15) is 46.5 Å². The van der Waals surface area contributed by atoms with Crippen LogP contribution in [0.25, 0.3) is 0 Å². The predicted octanol–water partition coefficient (Wildman–Crippen LogP) is 2.07. The average molecular weight is 256 g/mol. The van der Waals surface area contributed by atoms with Crippen molar-refractivity contribution in [3.63, 3.8) is 0 Å². The molecular weight excluding hydrogens is 232 g/mol. The number of urea groups is 1. The normalized spacial score (nSPS) is 20.3. The Bertz CT molecular complexity index is 305. The third kappa shape index (κ3) is 4.55. The molecule has 0 aromatic rings. The maximum Gasteiger partial charge on any atom is 0.317 e. The van der Waals surface area contributed by atoms with Crippen LogP contribution in [0, 0.1) is 5.41 Å². The van der Waals surface area contributed by atoms with E-state index in [-0.39, 0.29) is 18.5 Å². The number of piperidine rings is 1. The summed E-state index contributed by atoms with van der Waals surface area (Å²) in [5, 5.41) is 11.5. The van der Waals surface area contributed by atoms with E-state index < -0.39 is 5.97 Å². The van der Waals surface area contributed by atoms with E-state index in [2.05, 4.69) is 19.2 Å². The molecule has 1 aliphatic heterocycles. The van der Waals surface area contributed by atoms with Gasteiger partial charge in [0, 0.05) is 19.1 Å². The van der Waals surface area contributed by atoms with Gasteiger partial charge >= 0.3 is 12.0 Å². The van der Waals surface area contributed by atoms with Crippen LogP contribution in [0.2, 0.25) is 0 Å². The molecule has 18 heavy (non-hydrogen) atoms. The summed E-state index contributed by atoms with van der Waals surface area (Å²) in [6.45, 7) is 7.81. The van der Waals surface area contributed by atoms with Gasteiger partial charge in [-0.25, -0.2) is 4.79 Å². The molecule has 0 radical (unpaired) electrons. The minimum atomic E-state index is -0.873. The summed E-state index contributed by atoms with van der Waals surface area (Å²) in [7, 11) is 0. The molecule has 1 heterocycles. The zero-order valence-corrected chi connectivity index (χ0v) is 11.5. The number of nitrogens with one attached hydrogen (secondary N) is 1. The number of carboxylic acid groups (broad SMARTS) is 1. The zero-order valence-electron chi connectivity index (χ0n) is 11.5. The lowest BCUT2D eigenvalue weighted by Crippen LogP contribution is -2.49. The van der Waals surface area contributed by atoms with E-state index >= 15 is 0 Å². The average Bonchev–Trinajstić information content (AvgIpc) is 2.27. The highest BCUT2D eigenvalue weighted by Gasteiger charge is 2.28. The Morgan fingerprint density at radius 3 is 2.33 bits per heavy atom. The molecule has 2 N–H and O–H groups in total. The Labute approximate surface area is 109 Å². The Balaban J connectivity index is 2.43. The number of aliphatic carboxylic acids is 1. The van der Waals surface area contributed by atoms with Gasteiger partial charge in [-0.2, -0.15) is 0 Å².